The Morgan fingerprint density at radius 3 is 2.47 bits per heavy atom. The molecule has 0 aliphatic carbocycles. The molecule has 0 amide bonds. The molecule has 0 saturated carbocycles. The van der Waals surface area contributed by atoms with Crippen LogP contribution in [-0.4, -0.2) is 50.4 Å². The van der Waals surface area contributed by atoms with Crippen LogP contribution in [-0.2, 0) is 4.74 Å². The first-order valence-electron chi connectivity index (χ1n) is 5.86. The van der Waals surface area contributed by atoms with E-state index in [0.717, 1.165) is 43.6 Å². The summed E-state index contributed by atoms with van der Waals surface area (Å²) >= 11 is 0. The quantitative estimate of drug-likeness (QED) is 0.711. The average molecular weight is 238 g/mol. The van der Waals surface area contributed by atoms with Crippen molar-refractivity contribution in [3.63, 3.8) is 0 Å². The Kier molecular flexibility index (Phi) is 5.86. The zero-order chi connectivity index (χ0) is 12.7. The monoisotopic (exact) mass is 238 g/mol. The highest BCUT2D eigenvalue weighted by atomic mass is 16.5. The van der Waals surface area contributed by atoms with Crippen LogP contribution in [0.3, 0.4) is 0 Å². The maximum absolute atomic E-state index is 4.96. The normalized spacial score (nSPS) is 10.6. The van der Waals surface area contributed by atoms with Crippen LogP contribution in [0.5, 0.6) is 0 Å². The van der Waals surface area contributed by atoms with Gasteiger partial charge in [-0.3, -0.25) is 0 Å². The lowest BCUT2D eigenvalue weighted by atomic mass is 10.3. The highest BCUT2D eigenvalue weighted by Crippen LogP contribution is 2.07. The number of anilines is 1. The van der Waals surface area contributed by atoms with Gasteiger partial charge in [0.2, 0.25) is 5.95 Å². The summed E-state index contributed by atoms with van der Waals surface area (Å²) in [6, 6.07) is 1.98. The third-order valence-corrected chi connectivity index (χ3v) is 2.42. The second-order valence-electron chi connectivity index (χ2n) is 4.12. The van der Waals surface area contributed by atoms with Gasteiger partial charge in [-0.05, 0) is 19.9 Å². The number of hydrogen-bond donors (Lipinski definition) is 1. The lowest BCUT2D eigenvalue weighted by Crippen LogP contribution is -2.32. The van der Waals surface area contributed by atoms with E-state index < -0.39 is 0 Å². The number of aryl methyl sites for hydroxylation is 2. The summed E-state index contributed by atoms with van der Waals surface area (Å²) in [5.74, 6) is 0.788. The molecule has 0 fully saturated rings. The molecule has 0 aliphatic heterocycles. The molecule has 5 nitrogen and oxygen atoms in total. The summed E-state index contributed by atoms with van der Waals surface area (Å²) in [6.45, 7) is 7.37. The molecule has 17 heavy (non-hydrogen) atoms. The fourth-order valence-electron chi connectivity index (χ4n) is 1.52. The lowest BCUT2D eigenvalue weighted by molar-refractivity contribution is 0.200. The third kappa shape index (κ3) is 5.10. The van der Waals surface area contributed by atoms with Crippen molar-refractivity contribution in [3.8, 4) is 0 Å². The summed E-state index contributed by atoms with van der Waals surface area (Å²) in [5, 5.41) is 3.29. The fraction of sp³-hybridized carbons (Fsp3) is 0.667. The van der Waals surface area contributed by atoms with Gasteiger partial charge in [-0.2, -0.15) is 0 Å². The summed E-state index contributed by atoms with van der Waals surface area (Å²) in [7, 11) is 3.71. The molecule has 0 aliphatic rings. The van der Waals surface area contributed by atoms with Crippen LogP contribution in [0, 0.1) is 13.8 Å². The first-order valence-corrected chi connectivity index (χ1v) is 5.86. The van der Waals surface area contributed by atoms with Gasteiger partial charge in [0.25, 0.3) is 0 Å². The standard InChI is InChI=1S/C12H22N4O/c1-10-9-11(2)15-12(14-10)16(3)7-5-13-6-8-17-4/h9,13H,5-8H2,1-4H3. The van der Waals surface area contributed by atoms with Gasteiger partial charge in [-0.1, -0.05) is 0 Å². The van der Waals surface area contributed by atoms with E-state index in [0.29, 0.717) is 0 Å². The van der Waals surface area contributed by atoms with Crippen LogP contribution < -0.4 is 10.2 Å². The Bertz CT molecular complexity index is 323. The van der Waals surface area contributed by atoms with Crippen molar-refractivity contribution in [3.05, 3.63) is 17.5 Å². The van der Waals surface area contributed by atoms with Crippen molar-refractivity contribution < 1.29 is 4.74 Å². The largest absolute Gasteiger partial charge is 0.383 e. The van der Waals surface area contributed by atoms with E-state index in [4.69, 9.17) is 4.74 Å². The summed E-state index contributed by atoms with van der Waals surface area (Å²) < 4.78 is 4.96. The van der Waals surface area contributed by atoms with E-state index >= 15 is 0 Å². The Morgan fingerprint density at radius 1 is 1.24 bits per heavy atom. The van der Waals surface area contributed by atoms with Crippen LogP contribution in [0.1, 0.15) is 11.4 Å². The van der Waals surface area contributed by atoms with Gasteiger partial charge in [0.15, 0.2) is 0 Å². The van der Waals surface area contributed by atoms with Gasteiger partial charge >= 0.3 is 0 Å². The average Bonchev–Trinajstić information content (AvgIpc) is 2.27. The predicted octanol–water partition coefficient (Wildman–Crippen LogP) is 0.766. The minimum Gasteiger partial charge on any atom is -0.383 e. The number of rotatable bonds is 7. The third-order valence-electron chi connectivity index (χ3n) is 2.42. The number of methoxy groups -OCH3 is 1. The van der Waals surface area contributed by atoms with E-state index in [1.807, 2.05) is 27.0 Å². The molecule has 1 rings (SSSR count). The predicted molar refractivity (Wildman–Crippen MR) is 69.5 cm³/mol. The minimum atomic E-state index is 0.740. The zero-order valence-corrected chi connectivity index (χ0v) is 11.2. The highest BCUT2D eigenvalue weighted by molar-refractivity contribution is 5.30. The van der Waals surface area contributed by atoms with Gasteiger partial charge in [-0.15, -0.1) is 0 Å². The molecule has 1 heterocycles. The molecule has 0 saturated heterocycles. The van der Waals surface area contributed by atoms with Crippen LogP contribution >= 0.6 is 0 Å². The molecule has 5 heteroatoms. The second-order valence-corrected chi connectivity index (χ2v) is 4.12. The smallest absolute Gasteiger partial charge is 0.225 e. The van der Waals surface area contributed by atoms with Gasteiger partial charge < -0.3 is 15.0 Å². The molecular formula is C12H22N4O. The molecule has 1 N–H and O–H groups in total. The van der Waals surface area contributed by atoms with Crippen molar-refractivity contribution >= 4 is 5.95 Å². The molecule has 0 spiro atoms. The number of aromatic nitrogens is 2. The molecule has 1 aromatic heterocycles. The summed E-state index contributed by atoms with van der Waals surface area (Å²) in [4.78, 5) is 10.9. The minimum absolute atomic E-state index is 0.740. The van der Waals surface area contributed by atoms with Gasteiger partial charge in [-0.25, -0.2) is 9.97 Å². The summed E-state index contributed by atoms with van der Waals surface area (Å²) in [6.07, 6.45) is 0. The van der Waals surface area contributed by atoms with Crippen LogP contribution in [0.15, 0.2) is 6.07 Å². The first kappa shape index (κ1) is 13.9. The van der Waals surface area contributed by atoms with Crippen molar-refractivity contribution in [1.82, 2.24) is 15.3 Å². The van der Waals surface area contributed by atoms with Crippen molar-refractivity contribution in [2.75, 3.05) is 45.3 Å². The number of hydrogen-bond acceptors (Lipinski definition) is 5. The molecule has 0 aromatic carbocycles. The summed E-state index contributed by atoms with van der Waals surface area (Å²) in [5.41, 5.74) is 2.01. The van der Waals surface area contributed by atoms with Gasteiger partial charge in [0.05, 0.1) is 6.61 Å². The number of ether oxygens (including phenoxy) is 1. The van der Waals surface area contributed by atoms with Crippen molar-refractivity contribution in [2.45, 2.75) is 13.8 Å². The second kappa shape index (κ2) is 7.19. The lowest BCUT2D eigenvalue weighted by Gasteiger charge is -2.18. The van der Waals surface area contributed by atoms with E-state index in [2.05, 4.69) is 20.2 Å². The van der Waals surface area contributed by atoms with Crippen molar-refractivity contribution in [2.24, 2.45) is 0 Å². The maximum Gasteiger partial charge on any atom is 0.225 e. The van der Waals surface area contributed by atoms with E-state index in [1.54, 1.807) is 7.11 Å². The van der Waals surface area contributed by atoms with Crippen LogP contribution in [0.4, 0.5) is 5.95 Å². The molecule has 0 bridgehead atoms. The molecule has 1 aromatic rings. The van der Waals surface area contributed by atoms with E-state index in [9.17, 15) is 0 Å². The van der Waals surface area contributed by atoms with Gasteiger partial charge in [0, 0.05) is 45.2 Å². The Morgan fingerprint density at radius 2 is 1.88 bits per heavy atom. The van der Waals surface area contributed by atoms with Crippen LogP contribution in [0.2, 0.25) is 0 Å². The number of likely N-dealkylation sites (N-methyl/N-ethyl adjacent to an activating group) is 1. The highest BCUT2D eigenvalue weighted by Gasteiger charge is 2.04. The van der Waals surface area contributed by atoms with Crippen molar-refractivity contribution in [1.29, 1.82) is 0 Å². The topological polar surface area (TPSA) is 50.3 Å². The van der Waals surface area contributed by atoms with Crippen LogP contribution in [0.25, 0.3) is 0 Å². The molecule has 0 atom stereocenters. The Labute approximate surface area is 103 Å². The molecule has 96 valence electrons. The Hall–Kier alpha value is -1.20. The van der Waals surface area contributed by atoms with Gasteiger partial charge in [0.1, 0.15) is 0 Å². The Balaban J connectivity index is 2.38. The fourth-order valence-corrected chi connectivity index (χ4v) is 1.52. The number of nitrogens with zero attached hydrogens (tertiary/aromatic N) is 3. The molecule has 0 unspecified atom stereocenters. The zero-order valence-electron chi connectivity index (χ0n) is 11.2. The molecular weight excluding hydrogens is 216 g/mol. The number of nitrogens with one attached hydrogen (secondary N) is 1. The molecule has 0 radical (unpaired) electrons. The van der Waals surface area contributed by atoms with E-state index in [-0.39, 0.29) is 0 Å². The first-order chi connectivity index (χ1) is 8.13. The van der Waals surface area contributed by atoms with E-state index in [1.165, 1.54) is 0 Å². The SMILES string of the molecule is COCCNCCN(C)c1nc(C)cc(C)n1. The maximum atomic E-state index is 4.96.